The zero-order valence-electron chi connectivity index (χ0n) is 9.91. The Bertz CT molecular complexity index is 449. The monoisotopic (exact) mass is 259 g/mol. The molecule has 6 heteroatoms. The largest absolute Gasteiger partial charge is 0.463 e. The number of rotatable bonds is 3. The Morgan fingerprint density at radius 1 is 1.44 bits per heavy atom. The highest BCUT2D eigenvalue weighted by atomic mass is 19.4. The number of carbonyl (C=O) groups excluding carboxylic acids is 1. The number of hydrogen-bond donors (Lipinski definition) is 0. The quantitative estimate of drug-likeness (QED) is 0.618. The summed E-state index contributed by atoms with van der Waals surface area (Å²) in [5.41, 5.74) is -0.250. The number of aromatic nitrogens is 1. The van der Waals surface area contributed by atoms with Crippen molar-refractivity contribution in [3.8, 4) is 0 Å². The van der Waals surface area contributed by atoms with Crippen LogP contribution in [0.5, 0.6) is 0 Å². The van der Waals surface area contributed by atoms with Gasteiger partial charge in [0.05, 0.1) is 6.61 Å². The summed E-state index contributed by atoms with van der Waals surface area (Å²) in [6.07, 6.45) is -1.98. The smallest absolute Gasteiger partial charge is 0.433 e. The van der Waals surface area contributed by atoms with Crippen LogP contribution in [0.25, 0.3) is 6.08 Å². The van der Waals surface area contributed by atoms with Crippen molar-refractivity contribution in [3.63, 3.8) is 0 Å². The maximum Gasteiger partial charge on any atom is 0.433 e. The van der Waals surface area contributed by atoms with Gasteiger partial charge in [-0.2, -0.15) is 13.2 Å². The molecule has 98 valence electrons. The standard InChI is InChI=1S/C12H12F3NO2/c1-3-18-11(17)8(2)6-9-4-5-10(16-7-9)12(13,14)15/h4-7H,3H2,1-2H3/b8-6+. The van der Waals surface area contributed by atoms with E-state index < -0.39 is 17.8 Å². The van der Waals surface area contributed by atoms with Crippen molar-refractivity contribution in [2.45, 2.75) is 20.0 Å². The highest BCUT2D eigenvalue weighted by molar-refractivity contribution is 5.92. The molecule has 18 heavy (non-hydrogen) atoms. The Balaban J connectivity index is 2.87. The van der Waals surface area contributed by atoms with Crippen molar-refractivity contribution >= 4 is 12.0 Å². The summed E-state index contributed by atoms with van der Waals surface area (Å²) in [4.78, 5) is 14.6. The SMILES string of the molecule is CCOC(=O)/C(C)=C/c1ccc(C(F)(F)F)nc1. The highest BCUT2D eigenvalue weighted by Gasteiger charge is 2.31. The second-order valence-corrected chi connectivity index (χ2v) is 3.52. The summed E-state index contributed by atoms with van der Waals surface area (Å²) in [5.74, 6) is -0.502. The Labute approximate surface area is 102 Å². The summed E-state index contributed by atoms with van der Waals surface area (Å²) < 4.78 is 41.5. The van der Waals surface area contributed by atoms with Crippen LogP contribution in [0.4, 0.5) is 13.2 Å². The first kappa shape index (κ1) is 14.2. The van der Waals surface area contributed by atoms with Crippen LogP contribution in [-0.2, 0) is 15.7 Å². The fourth-order valence-corrected chi connectivity index (χ4v) is 1.21. The van der Waals surface area contributed by atoms with Crippen molar-refractivity contribution in [1.82, 2.24) is 4.98 Å². The molecule has 0 N–H and O–H groups in total. The Hall–Kier alpha value is -1.85. The van der Waals surface area contributed by atoms with E-state index in [1.165, 1.54) is 19.1 Å². The van der Waals surface area contributed by atoms with Crippen molar-refractivity contribution in [3.05, 3.63) is 35.2 Å². The minimum atomic E-state index is -4.46. The van der Waals surface area contributed by atoms with Gasteiger partial charge < -0.3 is 4.74 Å². The van der Waals surface area contributed by atoms with Gasteiger partial charge in [0.15, 0.2) is 0 Å². The summed E-state index contributed by atoms with van der Waals surface area (Å²) >= 11 is 0. The van der Waals surface area contributed by atoms with E-state index in [2.05, 4.69) is 4.98 Å². The topological polar surface area (TPSA) is 39.2 Å². The van der Waals surface area contributed by atoms with Crippen LogP contribution in [0.2, 0.25) is 0 Å². The fraction of sp³-hybridized carbons (Fsp3) is 0.333. The molecule has 0 aliphatic carbocycles. The number of hydrogen-bond acceptors (Lipinski definition) is 3. The van der Waals surface area contributed by atoms with Crippen LogP contribution in [-0.4, -0.2) is 17.6 Å². The molecule has 0 saturated heterocycles. The van der Waals surface area contributed by atoms with E-state index in [1.807, 2.05) is 0 Å². The van der Waals surface area contributed by atoms with E-state index in [1.54, 1.807) is 6.92 Å². The molecular formula is C12H12F3NO2. The number of halogens is 3. The third kappa shape index (κ3) is 3.87. The highest BCUT2D eigenvalue weighted by Crippen LogP contribution is 2.27. The number of ether oxygens (including phenoxy) is 1. The Kier molecular flexibility index (Phi) is 4.47. The lowest BCUT2D eigenvalue weighted by molar-refractivity contribution is -0.141. The van der Waals surface area contributed by atoms with E-state index in [4.69, 9.17) is 4.74 Å². The second-order valence-electron chi connectivity index (χ2n) is 3.52. The zero-order valence-corrected chi connectivity index (χ0v) is 9.91. The summed E-state index contributed by atoms with van der Waals surface area (Å²) in [6, 6.07) is 2.11. The van der Waals surface area contributed by atoms with E-state index in [0.29, 0.717) is 11.1 Å². The molecule has 0 atom stereocenters. The van der Waals surface area contributed by atoms with Gasteiger partial charge in [-0.15, -0.1) is 0 Å². The van der Waals surface area contributed by atoms with E-state index in [9.17, 15) is 18.0 Å². The molecule has 0 aliphatic rings. The third-order valence-electron chi connectivity index (χ3n) is 2.06. The van der Waals surface area contributed by atoms with Gasteiger partial charge in [-0.25, -0.2) is 4.79 Å². The molecule has 3 nitrogen and oxygen atoms in total. The van der Waals surface area contributed by atoms with Crippen LogP contribution in [0.3, 0.4) is 0 Å². The summed E-state index contributed by atoms with van der Waals surface area (Å²) in [7, 11) is 0. The van der Waals surface area contributed by atoms with Gasteiger partial charge in [0.2, 0.25) is 0 Å². The minimum absolute atomic E-state index is 0.245. The molecule has 0 spiro atoms. The first-order valence-corrected chi connectivity index (χ1v) is 5.23. The molecular weight excluding hydrogens is 247 g/mol. The third-order valence-corrected chi connectivity index (χ3v) is 2.06. The predicted molar refractivity (Wildman–Crippen MR) is 59.5 cm³/mol. The number of pyridine rings is 1. The molecule has 0 fully saturated rings. The lowest BCUT2D eigenvalue weighted by Crippen LogP contribution is -2.07. The van der Waals surface area contributed by atoms with Crippen LogP contribution in [0.15, 0.2) is 23.9 Å². The van der Waals surface area contributed by atoms with Gasteiger partial charge in [-0.1, -0.05) is 6.07 Å². The summed E-state index contributed by atoms with van der Waals surface area (Å²) in [6.45, 7) is 3.44. The lowest BCUT2D eigenvalue weighted by Gasteiger charge is -2.05. The molecule has 1 heterocycles. The fourth-order valence-electron chi connectivity index (χ4n) is 1.21. The number of esters is 1. The average molecular weight is 259 g/mol. The molecule has 0 aromatic carbocycles. The normalized spacial score (nSPS) is 12.4. The first-order chi connectivity index (χ1) is 8.34. The summed E-state index contributed by atoms with van der Waals surface area (Å²) in [5, 5.41) is 0. The minimum Gasteiger partial charge on any atom is -0.463 e. The zero-order chi connectivity index (χ0) is 13.8. The number of nitrogens with zero attached hydrogens (tertiary/aromatic N) is 1. The molecule has 1 rings (SSSR count). The average Bonchev–Trinajstić information content (AvgIpc) is 2.28. The molecule has 0 unspecified atom stereocenters. The Morgan fingerprint density at radius 3 is 2.56 bits per heavy atom. The van der Waals surface area contributed by atoms with Gasteiger partial charge >= 0.3 is 12.1 Å². The van der Waals surface area contributed by atoms with Crippen molar-refractivity contribution < 1.29 is 22.7 Å². The van der Waals surface area contributed by atoms with E-state index in [-0.39, 0.29) is 6.61 Å². The van der Waals surface area contributed by atoms with Crippen LogP contribution in [0.1, 0.15) is 25.1 Å². The molecule has 1 aromatic rings. The molecule has 0 amide bonds. The van der Waals surface area contributed by atoms with Gasteiger partial charge in [-0.05, 0) is 31.6 Å². The molecule has 0 saturated carbocycles. The van der Waals surface area contributed by atoms with Gasteiger partial charge in [-0.3, -0.25) is 4.98 Å². The maximum atomic E-state index is 12.3. The van der Waals surface area contributed by atoms with Gasteiger partial charge in [0.25, 0.3) is 0 Å². The molecule has 0 bridgehead atoms. The van der Waals surface area contributed by atoms with Crippen molar-refractivity contribution in [2.75, 3.05) is 6.61 Å². The molecule has 1 aromatic heterocycles. The first-order valence-electron chi connectivity index (χ1n) is 5.23. The van der Waals surface area contributed by atoms with E-state index in [0.717, 1.165) is 12.3 Å². The predicted octanol–water partition coefficient (Wildman–Crippen LogP) is 3.07. The maximum absolute atomic E-state index is 12.3. The molecule has 0 radical (unpaired) electrons. The number of alkyl halides is 3. The van der Waals surface area contributed by atoms with Gasteiger partial charge in [0, 0.05) is 11.8 Å². The van der Waals surface area contributed by atoms with Crippen molar-refractivity contribution in [1.29, 1.82) is 0 Å². The van der Waals surface area contributed by atoms with Gasteiger partial charge in [0.1, 0.15) is 5.69 Å². The number of carbonyl (C=O) groups is 1. The van der Waals surface area contributed by atoms with E-state index >= 15 is 0 Å². The van der Waals surface area contributed by atoms with Crippen LogP contribution in [0, 0.1) is 0 Å². The van der Waals surface area contributed by atoms with Crippen LogP contribution >= 0.6 is 0 Å². The van der Waals surface area contributed by atoms with Crippen LogP contribution < -0.4 is 0 Å². The van der Waals surface area contributed by atoms with Crippen molar-refractivity contribution in [2.24, 2.45) is 0 Å². The second kappa shape index (κ2) is 5.66. The molecule has 0 aliphatic heterocycles. The Morgan fingerprint density at radius 2 is 2.11 bits per heavy atom. The lowest BCUT2D eigenvalue weighted by atomic mass is 10.2.